The number of thiol groups is 1. The van der Waals surface area contributed by atoms with Gasteiger partial charge in [0.1, 0.15) is 0 Å². The van der Waals surface area contributed by atoms with Gasteiger partial charge in [-0.3, -0.25) is 10.3 Å². The van der Waals surface area contributed by atoms with Gasteiger partial charge in [-0.05, 0) is 25.5 Å². The molecule has 0 fully saturated rings. The molecule has 0 atom stereocenters. The van der Waals surface area contributed by atoms with Crippen LogP contribution in [-0.2, 0) is 29.3 Å². The monoisotopic (exact) mass is 313 g/mol. The first-order valence-corrected chi connectivity index (χ1v) is 6.15. The molecule has 18 heavy (non-hydrogen) atoms. The van der Waals surface area contributed by atoms with E-state index in [1.54, 1.807) is 6.20 Å². The average molecular weight is 314 g/mol. The van der Waals surface area contributed by atoms with E-state index >= 15 is 0 Å². The third-order valence-electron chi connectivity index (χ3n) is 2.14. The van der Waals surface area contributed by atoms with Crippen LogP contribution in [0.3, 0.4) is 0 Å². The van der Waals surface area contributed by atoms with Crippen molar-refractivity contribution in [3.8, 4) is 0 Å². The Hall–Kier alpha value is -0.811. The van der Waals surface area contributed by atoms with E-state index in [1.807, 2.05) is 25.1 Å². The van der Waals surface area contributed by atoms with Gasteiger partial charge in [0.2, 0.25) is 0 Å². The van der Waals surface area contributed by atoms with Gasteiger partial charge in [-0.25, -0.2) is 0 Å². The van der Waals surface area contributed by atoms with Gasteiger partial charge < -0.3 is 10.5 Å². The molecule has 0 saturated carbocycles. The fourth-order valence-electron chi connectivity index (χ4n) is 1.16. The summed E-state index contributed by atoms with van der Waals surface area (Å²) in [5.74, 6) is 0. The number of unbranched alkanes of at least 4 members (excludes halogenated alkanes) is 1. The normalized spacial score (nSPS) is 10.7. The van der Waals surface area contributed by atoms with Crippen molar-refractivity contribution in [2.24, 2.45) is 5.10 Å². The molecular weight excluding hydrogens is 296 g/mol. The van der Waals surface area contributed by atoms with Crippen LogP contribution in [-0.4, -0.2) is 22.4 Å². The SMILES string of the molecule is CCCCNC(=[SH+])[N-]N=C(C)c1ccccn1.[Cu+2]. The number of hydrogen-bond acceptors (Lipinski definition) is 2. The molecule has 1 heterocycles. The van der Waals surface area contributed by atoms with Crippen molar-refractivity contribution in [1.29, 1.82) is 0 Å². The van der Waals surface area contributed by atoms with Crippen LogP contribution in [0.25, 0.3) is 5.43 Å². The fraction of sp³-hybridized carbons (Fsp3) is 0.417. The third-order valence-corrected chi connectivity index (χ3v) is 2.39. The van der Waals surface area contributed by atoms with Crippen LogP contribution in [0.1, 0.15) is 32.4 Å². The van der Waals surface area contributed by atoms with Crippen molar-refractivity contribution in [3.63, 3.8) is 0 Å². The first-order valence-electron chi connectivity index (χ1n) is 5.70. The van der Waals surface area contributed by atoms with Crippen molar-refractivity contribution in [3.05, 3.63) is 35.5 Å². The van der Waals surface area contributed by atoms with E-state index in [9.17, 15) is 0 Å². The summed E-state index contributed by atoms with van der Waals surface area (Å²) in [6, 6.07) is 5.69. The van der Waals surface area contributed by atoms with Crippen molar-refractivity contribution >= 4 is 23.0 Å². The van der Waals surface area contributed by atoms with Crippen LogP contribution >= 0.6 is 0 Å². The Morgan fingerprint density at radius 1 is 1.50 bits per heavy atom. The topological polar surface area (TPSA) is 51.4 Å². The van der Waals surface area contributed by atoms with Crippen molar-refractivity contribution in [2.75, 3.05) is 6.54 Å². The number of aromatic nitrogens is 1. The zero-order valence-corrected chi connectivity index (χ0v) is 12.4. The average Bonchev–Trinajstić information content (AvgIpc) is 2.37. The second-order valence-electron chi connectivity index (χ2n) is 3.60. The van der Waals surface area contributed by atoms with Crippen LogP contribution in [0.15, 0.2) is 29.5 Å². The molecule has 0 bridgehead atoms. The maximum absolute atomic E-state index is 4.20. The molecule has 0 aliphatic heterocycles. The maximum atomic E-state index is 4.20. The molecule has 0 amide bonds. The Labute approximate surface area is 124 Å². The summed E-state index contributed by atoms with van der Waals surface area (Å²) in [4.78, 5) is 4.19. The zero-order valence-electron chi connectivity index (χ0n) is 10.5. The number of rotatable bonds is 5. The minimum Gasteiger partial charge on any atom is -0.515 e. The van der Waals surface area contributed by atoms with Gasteiger partial charge in [-0.1, -0.05) is 19.4 Å². The summed E-state index contributed by atoms with van der Waals surface area (Å²) >= 11 is 4.20. The molecule has 1 aromatic heterocycles. The van der Waals surface area contributed by atoms with Crippen LogP contribution in [0, 0.1) is 0 Å². The smallest absolute Gasteiger partial charge is 0.515 e. The first-order chi connectivity index (χ1) is 8.24. The molecule has 0 aromatic carbocycles. The molecule has 1 radical (unpaired) electrons. The molecule has 1 N–H and O–H groups in total. The summed E-state index contributed by atoms with van der Waals surface area (Å²) in [5, 5.41) is 7.69. The van der Waals surface area contributed by atoms with Crippen LogP contribution in [0.2, 0.25) is 0 Å². The minimum atomic E-state index is 0. The number of pyridine rings is 1. The Bertz CT molecular complexity index is 381. The molecule has 0 unspecified atom stereocenters. The van der Waals surface area contributed by atoms with Crippen molar-refractivity contribution in [1.82, 2.24) is 10.3 Å². The summed E-state index contributed by atoms with van der Waals surface area (Å²) < 4.78 is 0. The number of nitrogens with zero attached hydrogens (tertiary/aromatic N) is 3. The van der Waals surface area contributed by atoms with E-state index in [2.05, 4.69) is 40.0 Å². The third kappa shape index (κ3) is 6.81. The first kappa shape index (κ1) is 17.2. The molecular formula is C12H18CuN4S+2. The van der Waals surface area contributed by atoms with Gasteiger partial charge in [-0.15, -0.1) is 0 Å². The Morgan fingerprint density at radius 2 is 2.28 bits per heavy atom. The summed E-state index contributed by atoms with van der Waals surface area (Å²) in [6.45, 7) is 4.89. The van der Waals surface area contributed by atoms with Crippen LogP contribution in [0.5, 0.6) is 0 Å². The Balaban J connectivity index is 0.00000289. The van der Waals surface area contributed by atoms with Gasteiger partial charge in [0.15, 0.2) is 17.3 Å². The number of nitrogens with one attached hydrogen (secondary N) is 1. The standard InChI is InChI=1S/C12H18N4S.Cu/c1-3-4-8-14-12(17)16-15-10(2)11-7-5-6-9-13-11;/h5-7,9H,3-4,8H2,1-2H3,(H2,13,14,16,17);/q;+2. The predicted molar refractivity (Wildman–Crippen MR) is 76.5 cm³/mol. The second kappa shape index (κ2) is 10.1. The van der Waals surface area contributed by atoms with Crippen molar-refractivity contribution < 1.29 is 17.1 Å². The maximum Gasteiger partial charge on any atom is 2.00 e. The van der Waals surface area contributed by atoms with Crippen LogP contribution in [0.4, 0.5) is 0 Å². The molecule has 0 aliphatic carbocycles. The summed E-state index contributed by atoms with van der Waals surface area (Å²) in [5.41, 5.74) is 5.59. The van der Waals surface area contributed by atoms with E-state index < -0.39 is 0 Å². The fourth-order valence-corrected chi connectivity index (χ4v) is 1.32. The van der Waals surface area contributed by atoms with E-state index in [0.29, 0.717) is 5.11 Å². The Kier molecular flexibility index (Phi) is 9.69. The quantitative estimate of drug-likeness (QED) is 0.172. The van der Waals surface area contributed by atoms with E-state index in [1.165, 1.54) is 0 Å². The Morgan fingerprint density at radius 3 is 2.89 bits per heavy atom. The minimum absolute atomic E-state index is 0. The predicted octanol–water partition coefficient (Wildman–Crippen LogP) is 1.93. The molecule has 0 spiro atoms. The molecule has 4 nitrogen and oxygen atoms in total. The van der Waals surface area contributed by atoms with E-state index in [-0.39, 0.29) is 17.1 Å². The van der Waals surface area contributed by atoms with Crippen molar-refractivity contribution in [2.45, 2.75) is 26.7 Å². The molecule has 1 rings (SSSR count). The zero-order chi connectivity index (χ0) is 12.5. The molecule has 0 aliphatic rings. The van der Waals surface area contributed by atoms with Gasteiger partial charge in [-0.2, -0.15) is 0 Å². The van der Waals surface area contributed by atoms with Gasteiger partial charge in [0, 0.05) is 18.5 Å². The van der Waals surface area contributed by atoms with Crippen LogP contribution < -0.4 is 5.32 Å². The largest absolute Gasteiger partial charge is 2.00 e. The van der Waals surface area contributed by atoms with Gasteiger partial charge >= 0.3 is 17.1 Å². The molecule has 6 heteroatoms. The van der Waals surface area contributed by atoms with E-state index in [0.717, 1.165) is 30.8 Å². The van der Waals surface area contributed by atoms with E-state index in [4.69, 9.17) is 0 Å². The molecule has 0 saturated heterocycles. The summed E-state index contributed by atoms with van der Waals surface area (Å²) in [6.07, 6.45) is 3.98. The van der Waals surface area contributed by atoms with Gasteiger partial charge in [0.25, 0.3) is 0 Å². The summed E-state index contributed by atoms with van der Waals surface area (Å²) in [7, 11) is 0. The van der Waals surface area contributed by atoms with Gasteiger partial charge in [0.05, 0.1) is 5.69 Å². The number of hydrogen-bond donors (Lipinski definition) is 1. The molecule has 1 aromatic rings. The molecule has 101 valence electrons. The second-order valence-corrected chi connectivity index (χ2v) is 4.03.